The van der Waals surface area contributed by atoms with Gasteiger partial charge in [0.05, 0.1) is 0 Å². The highest BCUT2D eigenvalue weighted by molar-refractivity contribution is 9.10. The van der Waals surface area contributed by atoms with Crippen LogP contribution >= 0.6 is 27.3 Å². The molecule has 1 aromatic rings. The van der Waals surface area contributed by atoms with Gasteiger partial charge in [-0.15, -0.1) is 11.3 Å². The monoisotopic (exact) mass is 309 g/mol. The van der Waals surface area contributed by atoms with Crippen LogP contribution in [0.15, 0.2) is 20.1 Å². The van der Waals surface area contributed by atoms with Gasteiger partial charge in [0.25, 0.3) is 10.0 Å². The number of sulfonamides is 1. The van der Waals surface area contributed by atoms with Gasteiger partial charge in [-0.25, -0.2) is 13.1 Å². The highest BCUT2D eigenvalue weighted by atomic mass is 79.9. The molecule has 1 aromatic heterocycles. The molecule has 0 radical (unpaired) electrons. The number of hydrogen-bond donors (Lipinski definition) is 1. The lowest BCUT2D eigenvalue weighted by atomic mass is 10.3. The summed E-state index contributed by atoms with van der Waals surface area (Å²) in [4.78, 5) is 0. The van der Waals surface area contributed by atoms with E-state index in [0.717, 1.165) is 12.3 Å². The molecule has 0 unspecified atom stereocenters. The lowest BCUT2D eigenvalue weighted by Crippen LogP contribution is -2.24. The average Bonchev–Trinajstić information content (AvgIpc) is 2.86. The fraction of sp³-hybridized carbons (Fsp3) is 0.556. The van der Waals surface area contributed by atoms with Crippen LogP contribution in [0, 0.1) is 5.92 Å². The third kappa shape index (κ3) is 3.03. The predicted octanol–water partition coefficient (Wildman–Crippen LogP) is 2.59. The molecular formula is C9H12BrNO2S2. The molecule has 1 aliphatic rings. The first kappa shape index (κ1) is 11.6. The highest BCUT2D eigenvalue weighted by Gasteiger charge is 2.23. The molecule has 84 valence electrons. The summed E-state index contributed by atoms with van der Waals surface area (Å²) in [7, 11) is -3.29. The van der Waals surface area contributed by atoms with E-state index in [1.54, 1.807) is 11.4 Å². The van der Waals surface area contributed by atoms with Crippen LogP contribution in [0.4, 0.5) is 0 Å². The maximum atomic E-state index is 11.8. The van der Waals surface area contributed by atoms with E-state index in [0.29, 0.717) is 15.2 Å². The first-order chi connectivity index (χ1) is 7.09. The van der Waals surface area contributed by atoms with Gasteiger partial charge in [-0.1, -0.05) is 12.8 Å². The number of thiophene rings is 1. The molecule has 15 heavy (non-hydrogen) atoms. The van der Waals surface area contributed by atoms with Crippen LogP contribution in [0.5, 0.6) is 0 Å². The second kappa shape index (κ2) is 4.53. The fourth-order valence-corrected chi connectivity index (χ4v) is 4.77. The van der Waals surface area contributed by atoms with E-state index in [1.165, 1.54) is 24.2 Å². The van der Waals surface area contributed by atoms with Gasteiger partial charge in [-0.05, 0) is 39.7 Å². The minimum atomic E-state index is -3.29. The number of hydrogen-bond acceptors (Lipinski definition) is 3. The summed E-state index contributed by atoms with van der Waals surface area (Å²) in [5.74, 6) is 0.750. The van der Waals surface area contributed by atoms with Gasteiger partial charge in [0, 0.05) is 11.0 Å². The summed E-state index contributed by atoms with van der Waals surface area (Å²) >= 11 is 4.46. The van der Waals surface area contributed by atoms with Crippen molar-refractivity contribution in [3.05, 3.63) is 15.9 Å². The first-order valence-electron chi connectivity index (χ1n) is 4.82. The van der Waals surface area contributed by atoms with Gasteiger partial charge in [0.1, 0.15) is 4.21 Å². The van der Waals surface area contributed by atoms with Crippen LogP contribution < -0.4 is 4.72 Å². The molecule has 1 N–H and O–H groups in total. The lowest BCUT2D eigenvalue weighted by molar-refractivity contribution is 0.577. The molecule has 0 aliphatic heterocycles. The van der Waals surface area contributed by atoms with Crippen molar-refractivity contribution in [3.63, 3.8) is 0 Å². The Bertz CT molecular complexity index is 437. The Kier molecular flexibility index (Phi) is 3.49. The Morgan fingerprint density at radius 2 is 2.27 bits per heavy atom. The Morgan fingerprint density at radius 3 is 2.80 bits per heavy atom. The molecule has 6 heteroatoms. The van der Waals surface area contributed by atoms with Crippen molar-refractivity contribution >= 4 is 37.3 Å². The topological polar surface area (TPSA) is 46.2 Å². The summed E-state index contributed by atoms with van der Waals surface area (Å²) in [6, 6.07) is 1.75. The van der Waals surface area contributed by atoms with Crippen molar-refractivity contribution in [1.29, 1.82) is 0 Å². The van der Waals surface area contributed by atoms with Crippen LogP contribution in [0.1, 0.15) is 19.3 Å². The van der Waals surface area contributed by atoms with Crippen molar-refractivity contribution in [2.45, 2.75) is 23.5 Å². The summed E-state index contributed by atoms with van der Waals surface area (Å²) in [5, 5.41) is 1.76. The Hall–Kier alpha value is 0.0900. The van der Waals surface area contributed by atoms with E-state index in [4.69, 9.17) is 0 Å². The summed E-state index contributed by atoms with van der Waals surface area (Å²) < 4.78 is 27.2. The third-order valence-corrected chi connectivity index (χ3v) is 6.50. The van der Waals surface area contributed by atoms with E-state index in [1.807, 2.05) is 0 Å². The van der Waals surface area contributed by atoms with E-state index in [9.17, 15) is 8.42 Å². The van der Waals surface area contributed by atoms with E-state index >= 15 is 0 Å². The lowest BCUT2D eigenvalue weighted by Gasteiger charge is -2.04. The van der Waals surface area contributed by atoms with E-state index in [2.05, 4.69) is 20.7 Å². The van der Waals surface area contributed by atoms with Gasteiger partial charge in [-0.3, -0.25) is 0 Å². The van der Waals surface area contributed by atoms with Crippen molar-refractivity contribution in [2.75, 3.05) is 6.54 Å². The minimum absolute atomic E-state index is 0.373. The first-order valence-corrected chi connectivity index (χ1v) is 7.98. The van der Waals surface area contributed by atoms with Gasteiger partial charge >= 0.3 is 0 Å². The number of halogens is 1. The normalized spacial score (nSPS) is 16.9. The third-order valence-electron chi connectivity index (χ3n) is 2.37. The predicted molar refractivity (Wildman–Crippen MR) is 64.5 cm³/mol. The van der Waals surface area contributed by atoms with Gasteiger partial charge < -0.3 is 0 Å². The second-order valence-electron chi connectivity index (χ2n) is 3.69. The summed E-state index contributed by atoms with van der Waals surface area (Å²) in [6.45, 7) is 0.553. The zero-order valence-corrected chi connectivity index (χ0v) is 11.3. The molecule has 1 heterocycles. The SMILES string of the molecule is O=S(=O)(NCCC1CC1)c1sccc1Br. The van der Waals surface area contributed by atoms with Crippen LogP contribution in [0.2, 0.25) is 0 Å². The Labute approximate surface area is 102 Å². The fourth-order valence-electron chi connectivity index (χ4n) is 1.34. The molecule has 0 saturated heterocycles. The molecule has 1 saturated carbocycles. The van der Waals surface area contributed by atoms with Gasteiger partial charge in [0.15, 0.2) is 0 Å². The van der Waals surface area contributed by atoms with Crippen molar-refractivity contribution in [2.24, 2.45) is 5.92 Å². The summed E-state index contributed by atoms with van der Waals surface area (Å²) in [5.41, 5.74) is 0. The minimum Gasteiger partial charge on any atom is -0.210 e. The smallest absolute Gasteiger partial charge is 0.210 e. The molecule has 1 fully saturated rings. The standard InChI is InChI=1S/C9H12BrNO2S2/c10-8-4-6-14-9(8)15(12,13)11-5-3-7-1-2-7/h4,6-7,11H,1-3,5H2. The molecule has 1 aliphatic carbocycles. The Morgan fingerprint density at radius 1 is 1.53 bits per heavy atom. The second-order valence-corrected chi connectivity index (χ2v) is 7.42. The molecule has 3 nitrogen and oxygen atoms in total. The molecule has 0 aromatic carbocycles. The number of rotatable bonds is 5. The average molecular weight is 310 g/mol. The maximum Gasteiger partial charge on any atom is 0.251 e. The molecule has 0 amide bonds. The van der Waals surface area contributed by atoms with Crippen LogP contribution in [0.3, 0.4) is 0 Å². The quantitative estimate of drug-likeness (QED) is 0.908. The Balaban J connectivity index is 1.96. The molecule has 0 atom stereocenters. The maximum absolute atomic E-state index is 11.8. The van der Waals surface area contributed by atoms with Crippen LogP contribution in [-0.2, 0) is 10.0 Å². The zero-order chi connectivity index (χ0) is 10.9. The number of nitrogens with one attached hydrogen (secondary N) is 1. The van der Waals surface area contributed by atoms with Crippen LogP contribution in [-0.4, -0.2) is 15.0 Å². The summed E-state index contributed by atoms with van der Waals surface area (Å²) in [6.07, 6.45) is 3.47. The largest absolute Gasteiger partial charge is 0.251 e. The molecule has 0 bridgehead atoms. The van der Waals surface area contributed by atoms with E-state index in [-0.39, 0.29) is 0 Å². The van der Waals surface area contributed by atoms with Gasteiger partial charge in [-0.2, -0.15) is 0 Å². The highest BCUT2D eigenvalue weighted by Crippen LogP contribution is 2.32. The van der Waals surface area contributed by atoms with Crippen molar-refractivity contribution in [1.82, 2.24) is 4.72 Å². The molecule has 2 rings (SSSR count). The zero-order valence-electron chi connectivity index (χ0n) is 8.07. The van der Waals surface area contributed by atoms with Crippen molar-refractivity contribution < 1.29 is 8.42 Å². The molecular weight excluding hydrogens is 298 g/mol. The van der Waals surface area contributed by atoms with Gasteiger partial charge in [0.2, 0.25) is 0 Å². The molecule has 0 spiro atoms. The van der Waals surface area contributed by atoms with Crippen LogP contribution in [0.25, 0.3) is 0 Å². The van der Waals surface area contributed by atoms with E-state index < -0.39 is 10.0 Å². The van der Waals surface area contributed by atoms with Crippen molar-refractivity contribution in [3.8, 4) is 0 Å².